The lowest BCUT2D eigenvalue weighted by Gasteiger charge is -2.55. The molecule has 0 spiro atoms. The first-order chi connectivity index (χ1) is 9.68. The second-order valence-corrected chi connectivity index (χ2v) is 6.83. The fourth-order valence-corrected chi connectivity index (χ4v) is 5.09. The van der Waals surface area contributed by atoms with Crippen LogP contribution in [0, 0.1) is 17.8 Å². The zero-order valence-corrected chi connectivity index (χ0v) is 11.8. The SMILES string of the molecule is CCOC(=O)c1nnc(C23CC4CC(CC(C4)C2)C3)o1. The van der Waals surface area contributed by atoms with Gasteiger partial charge in [0, 0.05) is 5.41 Å². The predicted octanol–water partition coefficient (Wildman–Crippen LogP) is 2.71. The van der Waals surface area contributed by atoms with Crippen molar-refractivity contribution < 1.29 is 13.9 Å². The van der Waals surface area contributed by atoms with Crippen molar-refractivity contribution in [1.82, 2.24) is 10.2 Å². The minimum Gasteiger partial charge on any atom is -0.459 e. The number of rotatable bonds is 3. The van der Waals surface area contributed by atoms with E-state index in [0.717, 1.165) is 37.0 Å². The van der Waals surface area contributed by atoms with Crippen LogP contribution in [0.25, 0.3) is 0 Å². The number of ether oxygens (including phenoxy) is 1. The molecule has 0 unspecified atom stereocenters. The molecule has 4 saturated carbocycles. The van der Waals surface area contributed by atoms with Gasteiger partial charge >= 0.3 is 11.9 Å². The summed E-state index contributed by atoms with van der Waals surface area (Å²) in [4.78, 5) is 11.7. The molecule has 0 N–H and O–H groups in total. The number of esters is 1. The maximum absolute atomic E-state index is 11.7. The fraction of sp³-hybridized carbons (Fsp3) is 0.800. The van der Waals surface area contributed by atoms with Gasteiger partial charge in [-0.15, -0.1) is 10.2 Å². The molecule has 0 atom stereocenters. The van der Waals surface area contributed by atoms with Gasteiger partial charge in [-0.3, -0.25) is 0 Å². The van der Waals surface area contributed by atoms with Gasteiger partial charge in [0.05, 0.1) is 6.61 Å². The van der Waals surface area contributed by atoms with Gasteiger partial charge in [-0.25, -0.2) is 4.79 Å². The molecule has 5 rings (SSSR count). The molecular weight excluding hydrogens is 256 g/mol. The molecule has 0 amide bonds. The van der Waals surface area contributed by atoms with E-state index in [0.29, 0.717) is 12.5 Å². The van der Waals surface area contributed by atoms with Crippen LogP contribution in [0.1, 0.15) is 62.0 Å². The molecular formula is C15H20N2O3. The second-order valence-electron chi connectivity index (χ2n) is 6.83. The molecule has 1 aromatic heterocycles. The largest absolute Gasteiger partial charge is 0.459 e. The van der Waals surface area contributed by atoms with Crippen molar-refractivity contribution in [2.45, 2.75) is 50.9 Å². The Morgan fingerprint density at radius 3 is 2.35 bits per heavy atom. The quantitative estimate of drug-likeness (QED) is 0.794. The van der Waals surface area contributed by atoms with Gasteiger partial charge in [0.2, 0.25) is 5.89 Å². The molecule has 4 fully saturated rings. The Morgan fingerprint density at radius 1 is 1.20 bits per heavy atom. The average molecular weight is 276 g/mol. The van der Waals surface area contributed by atoms with Crippen LogP contribution in [0.5, 0.6) is 0 Å². The lowest BCUT2D eigenvalue weighted by atomic mass is 9.49. The fourth-order valence-electron chi connectivity index (χ4n) is 5.09. The summed E-state index contributed by atoms with van der Waals surface area (Å²) in [6.45, 7) is 2.10. The Labute approximate surface area is 118 Å². The van der Waals surface area contributed by atoms with Crippen LogP contribution in [0.15, 0.2) is 4.42 Å². The van der Waals surface area contributed by atoms with E-state index < -0.39 is 5.97 Å². The van der Waals surface area contributed by atoms with E-state index in [4.69, 9.17) is 9.15 Å². The van der Waals surface area contributed by atoms with Gasteiger partial charge in [0.25, 0.3) is 0 Å². The number of nitrogens with zero attached hydrogens (tertiary/aromatic N) is 2. The van der Waals surface area contributed by atoms with E-state index in [1.807, 2.05) is 0 Å². The minimum atomic E-state index is -0.504. The molecule has 108 valence electrons. The highest BCUT2D eigenvalue weighted by Gasteiger charge is 2.54. The number of hydrogen-bond acceptors (Lipinski definition) is 5. The van der Waals surface area contributed by atoms with Crippen LogP contribution in [0.2, 0.25) is 0 Å². The Hall–Kier alpha value is -1.39. The summed E-state index contributed by atoms with van der Waals surface area (Å²) < 4.78 is 10.6. The van der Waals surface area contributed by atoms with Gasteiger partial charge in [-0.1, -0.05) is 0 Å². The first-order valence-corrected chi connectivity index (χ1v) is 7.69. The highest BCUT2D eigenvalue weighted by molar-refractivity contribution is 5.83. The molecule has 4 bridgehead atoms. The highest BCUT2D eigenvalue weighted by Crippen LogP contribution is 2.60. The lowest BCUT2D eigenvalue weighted by molar-refractivity contribution is -0.0184. The van der Waals surface area contributed by atoms with Crippen molar-refractivity contribution in [2.24, 2.45) is 17.8 Å². The van der Waals surface area contributed by atoms with Crippen LogP contribution in [-0.4, -0.2) is 22.8 Å². The molecule has 4 aliphatic carbocycles. The third-order valence-corrected chi connectivity index (χ3v) is 5.37. The predicted molar refractivity (Wildman–Crippen MR) is 70.1 cm³/mol. The lowest BCUT2D eigenvalue weighted by Crippen LogP contribution is -2.48. The third kappa shape index (κ3) is 1.79. The number of carbonyl (C=O) groups is 1. The molecule has 0 radical (unpaired) electrons. The van der Waals surface area contributed by atoms with Crippen LogP contribution in [0.4, 0.5) is 0 Å². The molecule has 5 heteroatoms. The molecule has 1 heterocycles. The van der Waals surface area contributed by atoms with E-state index >= 15 is 0 Å². The van der Waals surface area contributed by atoms with Gasteiger partial charge in [-0.05, 0) is 63.2 Å². The van der Waals surface area contributed by atoms with Crippen molar-refractivity contribution in [3.8, 4) is 0 Å². The third-order valence-electron chi connectivity index (χ3n) is 5.37. The van der Waals surface area contributed by atoms with Gasteiger partial charge in [0.1, 0.15) is 0 Å². The zero-order valence-electron chi connectivity index (χ0n) is 11.8. The van der Waals surface area contributed by atoms with Gasteiger partial charge in [0.15, 0.2) is 0 Å². The van der Waals surface area contributed by atoms with Crippen molar-refractivity contribution in [1.29, 1.82) is 0 Å². The van der Waals surface area contributed by atoms with E-state index in [2.05, 4.69) is 10.2 Å². The van der Waals surface area contributed by atoms with Gasteiger partial charge in [-0.2, -0.15) is 0 Å². The van der Waals surface area contributed by atoms with Crippen molar-refractivity contribution in [3.05, 3.63) is 11.8 Å². The standard InChI is InChI=1S/C15H20N2O3/c1-2-19-13(18)12-16-17-14(20-12)15-6-9-3-10(7-15)5-11(4-9)8-15/h9-11H,2-8H2,1H3. The van der Waals surface area contributed by atoms with E-state index in [-0.39, 0.29) is 11.3 Å². The summed E-state index contributed by atoms with van der Waals surface area (Å²) in [5.74, 6) is 2.64. The number of hydrogen-bond donors (Lipinski definition) is 0. The molecule has 5 nitrogen and oxygen atoms in total. The first-order valence-electron chi connectivity index (χ1n) is 7.69. The van der Waals surface area contributed by atoms with Crippen molar-refractivity contribution >= 4 is 5.97 Å². The van der Waals surface area contributed by atoms with Crippen LogP contribution in [-0.2, 0) is 10.2 Å². The summed E-state index contributed by atoms with van der Waals surface area (Å²) in [5.41, 5.74) is 0.0481. The maximum Gasteiger partial charge on any atom is 0.396 e. The number of carbonyl (C=O) groups excluding carboxylic acids is 1. The Kier molecular flexibility index (Phi) is 2.66. The van der Waals surface area contributed by atoms with Crippen molar-refractivity contribution in [2.75, 3.05) is 6.61 Å². The summed E-state index contributed by atoms with van der Waals surface area (Å²) in [5, 5.41) is 8.09. The van der Waals surface area contributed by atoms with Gasteiger partial charge < -0.3 is 9.15 Å². The zero-order chi connectivity index (χ0) is 13.7. The Morgan fingerprint density at radius 2 is 1.80 bits per heavy atom. The number of aromatic nitrogens is 2. The van der Waals surface area contributed by atoms with E-state index in [1.54, 1.807) is 6.92 Å². The Balaban J connectivity index is 1.62. The molecule has 1 aromatic rings. The summed E-state index contributed by atoms with van der Waals surface area (Å²) >= 11 is 0. The molecule has 4 aliphatic rings. The molecule has 0 aromatic carbocycles. The Bertz CT molecular complexity index is 502. The first kappa shape index (κ1) is 12.4. The van der Waals surface area contributed by atoms with Crippen molar-refractivity contribution in [3.63, 3.8) is 0 Å². The molecule has 0 saturated heterocycles. The second kappa shape index (κ2) is 4.30. The normalized spacial score (nSPS) is 38.1. The van der Waals surface area contributed by atoms with Crippen LogP contribution >= 0.6 is 0 Å². The highest BCUT2D eigenvalue weighted by atomic mass is 16.5. The summed E-state index contributed by atoms with van der Waals surface area (Å²) in [6, 6.07) is 0. The minimum absolute atomic E-state index is 0.0117. The average Bonchev–Trinajstić information content (AvgIpc) is 2.87. The maximum atomic E-state index is 11.7. The van der Waals surface area contributed by atoms with Crippen LogP contribution < -0.4 is 0 Å². The summed E-state index contributed by atoms with van der Waals surface area (Å²) in [7, 11) is 0. The molecule has 20 heavy (non-hydrogen) atoms. The monoisotopic (exact) mass is 276 g/mol. The van der Waals surface area contributed by atoms with Crippen LogP contribution in [0.3, 0.4) is 0 Å². The smallest absolute Gasteiger partial charge is 0.396 e. The van der Waals surface area contributed by atoms with E-state index in [9.17, 15) is 4.79 Å². The summed E-state index contributed by atoms with van der Waals surface area (Å²) in [6.07, 6.45) is 7.59. The molecule has 0 aliphatic heterocycles. The topological polar surface area (TPSA) is 65.2 Å². The van der Waals surface area contributed by atoms with E-state index in [1.165, 1.54) is 19.3 Å².